The highest BCUT2D eigenvalue weighted by atomic mass is 15.1. The van der Waals surface area contributed by atoms with E-state index < -0.39 is 0 Å². The second-order valence-electron chi connectivity index (χ2n) is 8.16. The van der Waals surface area contributed by atoms with Crippen LogP contribution >= 0.6 is 0 Å². The number of rotatable bonds is 4. The Hall–Kier alpha value is -0.160. The van der Waals surface area contributed by atoms with Crippen molar-refractivity contribution in [1.29, 1.82) is 0 Å². The standard InChI is InChI=1S/2C9H18N2/c2*10-9-3-5-11(6-4-9)7-8-1-2-8/h2*8-9H,1-7,10H2. The molecular formula is C18H36N4. The molecule has 2 saturated heterocycles. The topological polar surface area (TPSA) is 58.5 Å². The molecule has 4 fully saturated rings. The van der Waals surface area contributed by atoms with Crippen LogP contribution in [0.5, 0.6) is 0 Å². The molecule has 2 aliphatic heterocycles. The normalized spacial score (nSPS) is 29.2. The van der Waals surface area contributed by atoms with E-state index in [-0.39, 0.29) is 0 Å². The van der Waals surface area contributed by atoms with E-state index >= 15 is 0 Å². The number of nitrogens with two attached hydrogens (primary N) is 2. The van der Waals surface area contributed by atoms with Gasteiger partial charge in [-0.25, -0.2) is 0 Å². The lowest BCUT2D eigenvalue weighted by Gasteiger charge is -2.29. The third kappa shape index (κ3) is 6.15. The van der Waals surface area contributed by atoms with Crippen LogP contribution in [0.3, 0.4) is 0 Å². The maximum absolute atomic E-state index is 5.82. The lowest BCUT2D eigenvalue weighted by Crippen LogP contribution is -2.40. The molecular weight excluding hydrogens is 272 g/mol. The quantitative estimate of drug-likeness (QED) is 0.829. The summed E-state index contributed by atoms with van der Waals surface area (Å²) in [5, 5.41) is 0. The van der Waals surface area contributed by atoms with Gasteiger partial charge in [0.15, 0.2) is 0 Å². The molecule has 22 heavy (non-hydrogen) atoms. The van der Waals surface area contributed by atoms with Gasteiger partial charge in [0.1, 0.15) is 0 Å². The highest BCUT2D eigenvalue weighted by Gasteiger charge is 2.26. The zero-order valence-electron chi connectivity index (χ0n) is 14.3. The van der Waals surface area contributed by atoms with Gasteiger partial charge in [0.05, 0.1) is 0 Å². The smallest absolute Gasteiger partial charge is 0.00631 e. The average Bonchev–Trinajstić information content (AvgIpc) is 3.41. The molecule has 2 heterocycles. The molecule has 4 aliphatic rings. The molecule has 4 rings (SSSR count). The van der Waals surface area contributed by atoms with E-state index in [1.165, 1.54) is 90.6 Å². The van der Waals surface area contributed by atoms with Crippen LogP contribution in [0.25, 0.3) is 0 Å². The van der Waals surface area contributed by atoms with Gasteiger partial charge in [-0.2, -0.15) is 0 Å². The number of hydrogen-bond acceptors (Lipinski definition) is 4. The van der Waals surface area contributed by atoms with Crippen molar-refractivity contribution >= 4 is 0 Å². The maximum atomic E-state index is 5.82. The van der Waals surface area contributed by atoms with Crippen molar-refractivity contribution in [3.8, 4) is 0 Å². The molecule has 0 aromatic heterocycles. The van der Waals surface area contributed by atoms with Crippen LogP contribution < -0.4 is 11.5 Å². The molecule has 0 atom stereocenters. The van der Waals surface area contributed by atoms with Crippen molar-refractivity contribution in [2.75, 3.05) is 39.3 Å². The molecule has 4 N–H and O–H groups in total. The molecule has 128 valence electrons. The highest BCUT2D eigenvalue weighted by molar-refractivity contribution is 4.82. The summed E-state index contributed by atoms with van der Waals surface area (Å²) in [6, 6.07) is 0.982. The summed E-state index contributed by atoms with van der Waals surface area (Å²) >= 11 is 0. The average molecular weight is 309 g/mol. The van der Waals surface area contributed by atoms with E-state index in [2.05, 4.69) is 9.80 Å². The van der Waals surface area contributed by atoms with Gasteiger partial charge >= 0.3 is 0 Å². The molecule has 4 nitrogen and oxygen atoms in total. The van der Waals surface area contributed by atoms with E-state index in [9.17, 15) is 0 Å². The molecule has 0 amide bonds. The van der Waals surface area contributed by atoms with Gasteiger partial charge in [0, 0.05) is 25.2 Å². The molecule has 4 heteroatoms. The summed E-state index contributed by atoms with van der Waals surface area (Å²) < 4.78 is 0. The summed E-state index contributed by atoms with van der Waals surface area (Å²) in [5.74, 6) is 2.09. The van der Waals surface area contributed by atoms with Gasteiger partial charge < -0.3 is 21.3 Å². The summed E-state index contributed by atoms with van der Waals surface area (Å²) in [6.45, 7) is 7.70. The first-order valence-corrected chi connectivity index (χ1v) is 9.65. The molecule has 0 spiro atoms. The first-order chi connectivity index (χ1) is 10.7. The van der Waals surface area contributed by atoms with Crippen molar-refractivity contribution in [2.45, 2.75) is 63.5 Å². The largest absolute Gasteiger partial charge is 0.328 e. The third-order valence-electron chi connectivity index (χ3n) is 5.69. The molecule has 2 saturated carbocycles. The van der Waals surface area contributed by atoms with Crippen LogP contribution in [0.1, 0.15) is 51.4 Å². The second-order valence-corrected chi connectivity index (χ2v) is 8.16. The molecule has 0 radical (unpaired) electrons. The Morgan fingerprint density at radius 2 is 0.864 bits per heavy atom. The van der Waals surface area contributed by atoms with Crippen LogP contribution in [-0.2, 0) is 0 Å². The Bertz CT molecular complexity index is 279. The fraction of sp³-hybridized carbons (Fsp3) is 1.00. The monoisotopic (exact) mass is 308 g/mol. The van der Waals surface area contributed by atoms with Crippen molar-refractivity contribution in [2.24, 2.45) is 23.3 Å². The zero-order chi connectivity index (χ0) is 15.4. The SMILES string of the molecule is NC1CCN(CC2CC2)CC1.NC1CCN(CC2CC2)CC1. The van der Waals surface area contributed by atoms with Crippen LogP contribution in [0.15, 0.2) is 0 Å². The van der Waals surface area contributed by atoms with Crippen LogP contribution in [0, 0.1) is 11.8 Å². The summed E-state index contributed by atoms with van der Waals surface area (Å²) in [7, 11) is 0. The Morgan fingerprint density at radius 3 is 1.14 bits per heavy atom. The minimum absolute atomic E-state index is 0.491. The Kier molecular flexibility index (Phi) is 6.14. The third-order valence-corrected chi connectivity index (χ3v) is 5.69. The fourth-order valence-corrected chi connectivity index (χ4v) is 3.60. The Balaban J connectivity index is 0.000000131. The van der Waals surface area contributed by atoms with Crippen LogP contribution in [-0.4, -0.2) is 61.2 Å². The number of likely N-dealkylation sites (tertiary alicyclic amines) is 2. The molecule has 0 unspecified atom stereocenters. The minimum Gasteiger partial charge on any atom is -0.328 e. The van der Waals surface area contributed by atoms with Gasteiger partial charge in [-0.15, -0.1) is 0 Å². The zero-order valence-corrected chi connectivity index (χ0v) is 14.3. The van der Waals surface area contributed by atoms with E-state index in [0.717, 1.165) is 11.8 Å². The Labute approximate surface area is 136 Å². The van der Waals surface area contributed by atoms with Crippen molar-refractivity contribution in [1.82, 2.24) is 9.80 Å². The van der Waals surface area contributed by atoms with Crippen molar-refractivity contribution < 1.29 is 0 Å². The Morgan fingerprint density at radius 1 is 0.545 bits per heavy atom. The van der Waals surface area contributed by atoms with Crippen LogP contribution in [0.2, 0.25) is 0 Å². The van der Waals surface area contributed by atoms with Crippen molar-refractivity contribution in [3.63, 3.8) is 0 Å². The number of nitrogens with zero attached hydrogens (tertiary/aromatic N) is 2. The van der Waals surface area contributed by atoms with E-state index in [1.807, 2.05) is 0 Å². The van der Waals surface area contributed by atoms with Gasteiger partial charge in [0.2, 0.25) is 0 Å². The summed E-state index contributed by atoms with van der Waals surface area (Å²) in [4.78, 5) is 5.17. The predicted octanol–water partition coefficient (Wildman–Crippen LogP) is 1.64. The fourth-order valence-electron chi connectivity index (χ4n) is 3.60. The predicted molar refractivity (Wildman–Crippen MR) is 92.7 cm³/mol. The highest BCUT2D eigenvalue weighted by Crippen LogP contribution is 2.31. The van der Waals surface area contributed by atoms with Gasteiger partial charge in [-0.05, 0) is 89.4 Å². The van der Waals surface area contributed by atoms with Gasteiger partial charge in [-0.3, -0.25) is 0 Å². The van der Waals surface area contributed by atoms with E-state index in [0.29, 0.717) is 12.1 Å². The number of hydrogen-bond donors (Lipinski definition) is 2. The van der Waals surface area contributed by atoms with E-state index in [1.54, 1.807) is 0 Å². The first kappa shape index (κ1) is 16.7. The van der Waals surface area contributed by atoms with E-state index in [4.69, 9.17) is 11.5 Å². The first-order valence-electron chi connectivity index (χ1n) is 9.65. The lowest BCUT2D eigenvalue weighted by atomic mass is 10.1. The minimum atomic E-state index is 0.491. The lowest BCUT2D eigenvalue weighted by molar-refractivity contribution is 0.205. The molecule has 0 aromatic carbocycles. The molecule has 2 aliphatic carbocycles. The summed E-state index contributed by atoms with van der Waals surface area (Å²) in [5.41, 5.74) is 11.6. The van der Waals surface area contributed by atoms with Crippen LogP contribution in [0.4, 0.5) is 0 Å². The molecule has 0 aromatic rings. The van der Waals surface area contributed by atoms with Gasteiger partial charge in [0.25, 0.3) is 0 Å². The maximum Gasteiger partial charge on any atom is 0.00631 e. The summed E-state index contributed by atoms with van der Waals surface area (Å²) in [6.07, 6.45) is 10.8. The molecule has 0 bridgehead atoms. The van der Waals surface area contributed by atoms with Crippen molar-refractivity contribution in [3.05, 3.63) is 0 Å². The second kappa shape index (κ2) is 8.09. The number of piperidine rings is 2. The van der Waals surface area contributed by atoms with Gasteiger partial charge in [-0.1, -0.05) is 0 Å².